The van der Waals surface area contributed by atoms with E-state index in [1.807, 2.05) is 4.68 Å². The first-order chi connectivity index (χ1) is 14.7. The predicted octanol–water partition coefficient (Wildman–Crippen LogP) is 2.95. The number of fused-ring (bicyclic) bond motifs is 1. The van der Waals surface area contributed by atoms with Crippen molar-refractivity contribution in [2.24, 2.45) is 0 Å². The molecule has 0 spiro atoms. The van der Waals surface area contributed by atoms with Crippen LogP contribution >= 0.6 is 0 Å². The molecule has 0 aliphatic carbocycles. The summed E-state index contributed by atoms with van der Waals surface area (Å²) < 4.78 is 31.6. The van der Waals surface area contributed by atoms with E-state index in [4.69, 9.17) is 14.0 Å². The van der Waals surface area contributed by atoms with E-state index in [1.165, 1.54) is 12.1 Å². The van der Waals surface area contributed by atoms with Crippen molar-refractivity contribution in [1.29, 1.82) is 0 Å². The molecule has 0 bridgehead atoms. The van der Waals surface area contributed by atoms with Crippen LogP contribution in [0.5, 0.6) is 5.88 Å². The maximum atomic E-state index is 13.2. The lowest BCUT2D eigenvalue weighted by Gasteiger charge is -2.13. The van der Waals surface area contributed by atoms with Gasteiger partial charge in [0.2, 0.25) is 5.88 Å². The third-order valence-electron chi connectivity index (χ3n) is 4.87. The summed E-state index contributed by atoms with van der Waals surface area (Å²) in [6.45, 7) is 3.72. The number of ether oxygens (including phenoxy) is 2. The Kier molecular flexibility index (Phi) is 4.68. The van der Waals surface area contributed by atoms with Gasteiger partial charge >= 0.3 is 0 Å². The average molecular weight is 408 g/mol. The topological polar surface area (TPSA) is 101 Å². The highest BCUT2D eigenvalue weighted by molar-refractivity contribution is 5.63. The van der Waals surface area contributed by atoms with Gasteiger partial charge in [-0.25, -0.2) is 9.07 Å². The summed E-state index contributed by atoms with van der Waals surface area (Å²) >= 11 is 0. The van der Waals surface area contributed by atoms with Crippen LogP contribution in [0, 0.1) is 12.7 Å². The number of rotatable bonds is 5. The van der Waals surface area contributed by atoms with Crippen molar-refractivity contribution in [3.63, 3.8) is 0 Å². The third kappa shape index (κ3) is 3.41. The van der Waals surface area contributed by atoms with Crippen LogP contribution in [0.1, 0.15) is 17.0 Å². The number of hydrogen-bond acceptors (Lipinski definition) is 8. The molecule has 4 aromatic rings. The summed E-state index contributed by atoms with van der Waals surface area (Å²) in [6, 6.07) is 9.55. The molecule has 4 heterocycles. The van der Waals surface area contributed by atoms with Crippen LogP contribution in [0.15, 0.2) is 40.9 Å². The molecule has 30 heavy (non-hydrogen) atoms. The minimum absolute atomic E-state index is 0.186. The van der Waals surface area contributed by atoms with Crippen molar-refractivity contribution < 1.29 is 18.4 Å². The number of halogens is 1. The Balaban J connectivity index is 1.33. The second kappa shape index (κ2) is 7.64. The Bertz CT molecular complexity index is 1170. The number of benzene rings is 1. The Labute approximate surface area is 170 Å². The SMILES string of the molecule is Cc1onc(-c2ccc(F)cc2)c1COc1ccc(-c2nnn3c2COCC3)nn1. The smallest absolute Gasteiger partial charge is 0.233 e. The van der Waals surface area contributed by atoms with Crippen molar-refractivity contribution in [3.8, 4) is 28.5 Å². The van der Waals surface area contributed by atoms with Gasteiger partial charge in [-0.3, -0.25) is 0 Å². The first kappa shape index (κ1) is 18.4. The van der Waals surface area contributed by atoms with E-state index < -0.39 is 0 Å². The lowest BCUT2D eigenvalue weighted by atomic mass is 10.1. The molecule has 1 aliphatic rings. The zero-order chi connectivity index (χ0) is 20.5. The number of aromatic nitrogens is 6. The van der Waals surface area contributed by atoms with Crippen LogP contribution in [-0.2, 0) is 24.5 Å². The zero-order valence-electron chi connectivity index (χ0n) is 16.1. The molecular formula is C20H17FN6O3. The van der Waals surface area contributed by atoms with Crippen molar-refractivity contribution in [2.75, 3.05) is 6.61 Å². The Hall–Kier alpha value is -3.66. The highest BCUT2D eigenvalue weighted by atomic mass is 19.1. The van der Waals surface area contributed by atoms with Gasteiger partial charge in [-0.15, -0.1) is 15.3 Å². The quantitative estimate of drug-likeness (QED) is 0.497. The molecule has 0 atom stereocenters. The molecule has 1 aromatic carbocycles. The normalized spacial score (nSPS) is 13.3. The second-order valence-electron chi connectivity index (χ2n) is 6.78. The van der Waals surface area contributed by atoms with Gasteiger partial charge in [0.25, 0.3) is 0 Å². The molecule has 5 rings (SSSR count). The zero-order valence-corrected chi connectivity index (χ0v) is 16.1. The molecule has 0 saturated carbocycles. The van der Waals surface area contributed by atoms with Gasteiger partial charge in [0.1, 0.15) is 35.3 Å². The molecule has 3 aromatic heterocycles. The highest BCUT2D eigenvalue weighted by Crippen LogP contribution is 2.27. The lowest BCUT2D eigenvalue weighted by Crippen LogP contribution is -2.17. The van der Waals surface area contributed by atoms with Gasteiger partial charge in [0.15, 0.2) is 0 Å². The van der Waals surface area contributed by atoms with E-state index >= 15 is 0 Å². The van der Waals surface area contributed by atoms with E-state index in [-0.39, 0.29) is 12.4 Å². The molecule has 0 amide bonds. The maximum absolute atomic E-state index is 13.2. The van der Waals surface area contributed by atoms with E-state index in [2.05, 4.69) is 25.7 Å². The summed E-state index contributed by atoms with van der Waals surface area (Å²) in [5.41, 5.74) is 4.25. The molecule has 0 saturated heterocycles. The molecule has 0 N–H and O–H groups in total. The second-order valence-corrected chi connectivity index (χ2v) is 6.78. The summed E-state index contributed by atoms with van der Waals surface area (Å²) in [5, 5.41) is 20.7. The molecule has 1 aliphatic heterocycles. The van der Waals surface area contributed by atoms with Crippen molar-refractivity contribution in [3.05, 3.63) is 59.2 Å². The predicted molar refractivity (Wildman–Crippen MR) is 102 cm³/mol. The number of aryl methyl sites for hydroxylation is 1. The highest BCUT2D eigenvalue weighted by Gasteiger charge is 2.20. The fraction of sp³-hybridized carbons (Fsp3) is 0.250. The molecule has 0 fully saturated rings. The van der Waals surface area contributed by atoms with Gasteiger partial charge in [-0.05, 0) is 37.3 Å². The Morgan fingerprint density at radius 1 is 1.07 bits per heavy atom. The van der Waals surface area contributed by atoms with E-state index in [9.17, 15) is 4.39 Å². The van der Waals surface area contributed by atoms with Crippen molar-refractivity contribution >= 4 is 0 Å². The lowest BCUT2D eigenvalue weighted by molar-refractivity contribution is 0.0801. The van der Waals surface area contributed by atoms with Crippen molar-refractivity contribution in [1.82, 2.24) is 30.3 Å². The minimum Gasteiger partial charge on any atom is -0.472 e. The van der Waals surface area contributed by atoms with Gasteiger partial charge in [-0.2, -0.15) is 0 Å². The summed E-state index contributed by atoms with van der Waals surface area (Å²) in [7, 11) is 0. The van der Waals surface area contributed by atoms with E-state index in [1.54, 1.807) is 31.2 Å². The van der Waals surface area contributed by atoms with Crippen LogP contribution in [0.25, 0.3) is 22.6 Å². The standard InChI is InChI=1S/C20H17FN6O3/c1-12-15(19(25-30-12)13-2-4-14(21)5-3-13)10-29-18-7-6-16(22-23-18)20-17-11-28-9-8-27(17)26-24-20/h2-7H,8-11H2,1H3. The Morgan fingerprint density at radius 3 is 2.73 bits per heavy atom. The molecule has 10 heteroatoms. The number of nitrogens with zero attached hydrogens (tertiary/aromatic N) is 6. The van der Waals surface area contributed by atoms with Gasteiger partial charge in [0.05, 0.1) is 31.0 Å². The third-order valence-corrected chi connectivity index (χ3v) is 4.87. The molecule has 0 unspecified atom stereocenters. The molecular weight excluding hydrogens is 391 g/mol. The first-order valence-corrected chi connectivity index (χ1v) is 9.37. The summed E-state index contributed by atoms with van der Waals surface area (Å²) in [6.07, 6.45) is 0. The van der Waals surface area contributed by atoms with Crippen LogP contribution in [-0.4, -0.2) is 37.0 Å². The fourth-order valence-corrected chi connectivity index (χ4v) is 3.24. The molecule has 0 radical (unpaired) electrons. The van der Waals surface area contributed by atoms with Crippen LogP contribution < -0.4 is 4.74 Å². The molecule has 152 valence electrons. The first-order valence-electron chi connectivity index (χ1n) is 9.37. The largest absolute Gasteiger partial charge is 0.472 e. The average Bonchev–Trinajstić information content (AvgIpc) is 3.37. The van der Waals surface area contributed by atoms with Gasteiger partial charge in [0, 0.05) is 11.6 Å². The van der Waals surface area contributed by atoms with Gasteiger partial charge < -0.3 is 14.0 Å². The van der Waals surface area contributed by atoms with Gasteiger partial charge in [-0.1, -0.05) is 10.4 Å². The van der Waals surface area contributed by atoms with E-state index in [0.717, 1.165) is 16.8 Å². The van der Waals surface area contributed by atoms with Crippen LogP contribution in [0.2, 0.25) is 0 Å². The van der Waals surface area contributed by atoms with Crippen LogP contribution in [0.3, 0.4) is 0 Å². The maximum Gasteiger partial charge on any atom is 0.233 e. The Morgan fingerprint density at radius 2 is 1.93 bits per heavy atom. The summed E-state index contributed by atoms with van der Waals surface area (Å²) in [5.74, 6) is 0.657. The van der Waals surface area contributed by atoms with Crippen LogP contribution in [0.4, 0.5) is 4.39 Å². The summed E-state index contributed by atoms with van der Waals surface area (Å²) in [4.78, 5) is 0. The fourth-order valence-electron chi connectivity index (χ4n) is 3.24. The number of hydrogen-bond donors (Lipinski definition) is 0. The van der Waals surface area contributed by atoms with E-state index in [0.29, 0.717) is 48.5 Å². The van der Waals surface area contributed by atoms with Crippen molar-refractivity contribution in [2.45, 2.75) is 26.7 Å². The monoisotopic (exact) mass is 408 g/mol. The minimum atomic E-state index is -0.312. The molecule has 9 nitrogen and oxygen atoms in total.